The van der Waals surface area contributed by atoms with Gasteiger partial charge >= 0.3 is 0 Å². The van der Waals surface area contributed by atoms with Crippen molar-refractivity contribution in [3.63, 3.8) is 0 Å². The molecule has 1 aromatic carbocycles. The minimum Gasteiger partial charge on any atom is -0.492 e. The van der Waals surface area contributed by atoms with Crippen molar-refractivity contribution in [2.24, 2.45) is 7.05 Å². The van der Waals surface area contributed by atoms with E-state index < -0.39 is 0 Å². The number of hydrogen-bond donors (Lipinski definition) is 1. The van der Waals surface area contributed by atoms with Crippen LogP contribution in [-0.4, -0.2) is 65.5 Å². The summed E-state index contributed by atoms with van der Waals surface area (Å²) in [7, 11) is 4.12. The minimum atomic E-state index is 0.427. The normalized spacial score (nSPS) is 22.3. The molecular formula is C23H30N6O. The van der Waals surface area contributed by atoms with Crippen molar-refractivity contribution in [2.45, 2.75) is 25.4 Å². The van der Waals surface area contributed by atoms with E-state index in [0.29, 0.717) is 12.0 Å². The maximum absolute atomic E-state index is 6.19. The molecule has 1 saturated heterocycles. The molecule has 0 aliphatic carbocycles. The van der Waals surface area contributed by atoms with Gasteiger partial charge in [0.25, 0.3) is 0 Å². The molecule has 30 heavy (non-hydrogen) atoms. The third-order valence-electron chi connectivity index (χ3n) is 6.54. The molecule has 2 aliphatic rings. The molecule has 7 heteroatoms. The molecule has 158 valence electrons. The number of fused-ring (bicyclic) bond motifs is 2. The number of likely N-dealkylation sites (N-methyl/N-ethyl adjacent to an activating group) is 1. The predicted molar refractivity (Wildman–Crippen MR) is 119 cm³/mol. The summed E-state index contributed by atoms with van der Waals surface area (Å²) in [4.78, 5) is 9.31. The second-order valence-corrected chi connectivity index (χ2v) is 8.63. The van der Waals surface area contributed by atoms with Crippen LogP contribution in [0.1, 0.15) is 24.0 Å². The lowest BCUT2D eigenvalue weighted by atomic mass is 9.90. The van der Waals surface area contributed by atoms with E-state index in [1.807, 2.05) is 24.1 Å². The minimum absolute atomic E-state index is 0.427. The summed E-state index contributed by atoms with van der Waals surface area (Å²) < 4.78 is 8.02. The highest BCUT2D eigenvalue weighted by Crippen LogP contribution is 2.35. The number of nitrogens with zero attached hydrogens (tertiary/aromatic N) is 5. The van der Waals surface area contributed by atoms with Crippen molar-refractivity contribution in [3.8, 4) is 5.75 Å². The molecule has 0 radical (unpaired) electrons. The quantitative estimate of drug-likeness (QED) is 0.718. The summed E-state index contributed by atoms with van der Waals surface area (Å²) in [5.41, 5.74) is 4.90. The molecule has 0 amide bonds. The van der Waals surface area contributed by atoms with Crippen molar-refractivity contribution in [3.05, 3.63) is 47.8 Å². The Morgan fingerprint density at radius 2 is 2.13 bits per heavy atom. The number of benzene rings is 1. The Morgan fingerprint density at radius 3 is 3.00 bits per heavy atom. The molecule has 2 atom stereocenters. The number of rotatable bonds is 4. The number of pyridine rings is 1. The molecule has 4 heterocycles. The van der Waals surface area contributed by atoms with Crippen LogP contribution < -0.4 is 15.0 Å². The number of aryl methyl sites for hydroxylation is 1. The van der Waals surface area contributed by atoms with Gasteiger partial charge in [-0.15, -0.1) is 0 Å². The standard InChI is InChI=1S/C23H30N6O/c1-16-13-29(22-6-7-25-23-21(22)12-26-28(23)3)14-17-4-5-19(10-20(16)17)30-15-18-11-24-8-9-27(18)2/h4-7,10,12,16,18,24H,8-9,11,13-15H2,1-3H3/t16-,18-/m0/s1. The first kappa shape index (κ1) is 19.3. The predicted octanol–water partition coefficient (Wildman–Crippen LogP) is 2.37. The van der Waals surface area contributed by atoms with Crippen LogP contribution in [0.15, 0.2) is 36.7 Å². The Labute approximate surface area is 177 Å². The van der Waals surface area contributed by atoms with Gasteiger partial charge in [-0.2, -0.15) is 5.10 Å². The Bertz CT molecular complexity index is 1050. The average molecular weight is 407 g/mol. The third kappa shape index (κ3) is 3.52. The van der Waals surface area contributed by atoms with E-state index in [0.717, 1.165) is 56.1 Å². The lowest BCUT2D eigenvalue weighted by Crippen LogP contribution is -2.51. The van der Waals surface area contributed by atoms with Gasteiger partial charge < -0.3 is 15.0 Å². The number of nitrogens with one attached hydrogen (secondary N) is 1. The van der Waals surface area contributed by atoms with Gasteiger partial charge in [0.1, 0.15) is 12.4 Å². The summed E-state index contributed by atoms with van der Waals surface area (Å²) in [6.07, 6.45) is 3.81. The average Bonchev–Trinajstić information content (AvgIpc) is 3.14. The van der Waals surface area contributed by atoms with E-state index in [4.69, 9.17) is 4.74 Å². The number of piperazine rings is 1. The van der Waals surface area contributed by atoms with Crippen molar-refractivity contribution in [2.75, 3.05) is 44.7 Å². The highest BCUT2D eigenvalue weighted by atomic mass is 16.5. The van der Waals surface area contributed by atoms with Crippen molar-refractivity contribution >= 4 is 16.7 Å². The Morgan fingerprint density at radius 1 is 1.23 bits per heavy atom. The van der Waals surface area contributed by atoms with Crippen LogP contribution in [0.25, 0.3) is 11.0 Å². The van der Waals surface area contributed by atoms with Gasteiger partial charge in [-0.1, -0.05) is 13.0 Å². The van der Waals surface area contributed by atoms with Gasteiger partial charge in [0.2, 0.25) is 0 Å². The second-order valence-electron chi connectivity index (χ2n) is 8.63. The molecule has 0 unspecified atom stereocenters. The number of hydrogen-bond acceptors (Lipinski definition) is 6. The van der Waals surface area contributed by atoms with E-state index in [-0.39, 0.29) is 0 Å². The highest BCUT2D eigenvalue weighted by molar-refractivity contribution is 5.89. The molecule has 5 rings (SSSR count). The van der Waals surface area contributed by atoms with Crippen LogP contribution in [0.3, 0.4) is 0 Å². The van der Waals surface area contributed by atoms with Crippen molar-refractivity contribution in [1.82, 2.24) is 25.0 Å². The zero-order valence-corrected chi connectivity index (χ0v) is 18.0. The van der Waals surface area contributed by atoms with Gasteiger partial charge in [-0.25, -0.2) is 4.98 Å². The van der Waals surface area contributed by atoms with Crippen LogP contribution in [0.4, 0.5) is 5.69 Å². The fourth-order valence-electron chi connectivity index (χ4n) is 4.70. The topological polar surface area (TPSA) is 58.5 Å². The van der Waals surface area contributed by atoms with E-state index in [9.17, 15) is 0 Å². The van der Waals surface area contributed by atoms with Crippen LogP contribution in [-0.2, 0) is 13.6 Å². The fourth-order valence-corrected chi connectivity index (χ4v) is 4.70. The first-order valence-corrected chi connectivity index (χ1v) is 10.8. The molecular weight excluding hydrogens is 376 g/mol. The summed E-state index contributed by atoms with van der Waals surface area (Å²) in [6, 6.07) is 9.14. The lowest BCUT2D eigenvalue weighted by Gasteiger charge is -2.35. The highest BCUT2D eigenvalue weighted by Gasteiger charge is 2.25. The van der Waals surface area contributed by atoms with E-state index in [1.165, 1.54) is 16.8 Å². The molecule has 1 fully saturated rings. The maximum Gasteiger partial charge on any atom is 0.159 e. The van der Waals surface area contributed by atoms with Crippen LogP contribution in [0.5, 0.6) is 5.75 Å². The van der Waals surface area contributed by atoms with Gasteiger partial charge in [-0.05, 0) is 42.3 Å². The van der Waals surface area contributed by atoms with E-state index in [2.05, 4.69) is 63.4 Å². The maximum atomic E-state index is 6.19. The first-order chi connectivity index (χ1) is 14.6. The van der Waals surface area contributed by atoms with Gasteiger partial charge in [0.15, 0.2) is 5.65 Å². The monoisotopic (exact) mass is 406 g/mol. The second kappa shape index (κ2) is 7.89. The fraction of sp³-hybridized carbons (Fsp3) is 0.478. The van der Waals surface area contributed by atoms with E-state index >= 15 is 0 Å². The molecule has 0 bridgehead atoms. The number of ether oxygens (including phenoxy) is 1. The SMILES string of the molecule is C[C@H]1CN(c2ccnc3c2cnn3C)Cc2ccc(OC[C@@H]3CNCCN3C)cc21. The summed E-state index contributed by atoms with van der Waals surface area (Å²) in [6.45, 7) is 8.01. The first-order valence-electron chi connectivity index (χ1n) is 10.8. The molecule has 2 aromatic heterocycles. The smallest absolute Gasteiger partial charge is 0.159 e. The van der Waals surface area contributed by atoms with Crippen molar-refractivity contribution in [1.29, 1.82) is 0 Å². The summed E-state index contributed by atoms with van der Waals surface area (Å²) >= 11 is 0. The van der Waals surface area contributed by atoms with Gasteiger partial charge in [0, 0.05) is 46.0 Å². The summed E-state index contributed by atoms with van der Waals surface area (Å²) in [5, 5.41) is 8.96. The molecule has 3 aromatic rings. The number of anilines is 1. The Kier molecular flexibility index (Phi) is 5.08. The van der Waals surface area contributed by atoms with E-state index in [1.54, 1.807) is 0 Å². The van der Waals surface area contributed by atoms with Crippen LogP contribution >= 0.6 is 0 Å². The number of aromatic nitrogens is 3. The third-order valence-corrected chi connectivity index (χ3v) is 6.54. The Hall–Kier alpha value is -2.64. The molecule has 0 spiro atoms. The van der Waals surface area contributed by atoms with Crippen LogP contribution in [0.2, 0.25) is 0 Å². The molecule has 7 nitrogen and oxygen atoms in total. The zero-order valence-electron chi connectivity index (χ0n) is 18.0. The largest absolute Gasteiger partial charge is 0.492 e. The lowest BCUT2D eigenvalue weighted by molar-refractivity contribution is 0.136. The summed E-state index contributed by atoms with van der Waals surface area (Å²) in [5.74, 6) is 1.41. The zero-order chi connectivity index (χ0) is 20.7. The molecule has 1 N–H and O–H groups in total. The van der Waals surface area contributed by atoms with Crippen molar-refractivity contribution < 1.29 is 4.74 Å². The Balaban J connectivity index is 1.34. The molecule has 0 saturated carbocycles. The molecule has 2 aliphatic heterocycles. The van der Waals surface area contributed by atoms with Crippen LogP contribution in [0, 0.1) is 0 Å². The van der Waals surface area contributed by atoms with Gasteiger partial charge in [-0.3, -0.25) is 9.58 Å². The van der Waals surface area contributed by atoms with Gasteiger partial charge in [0.05, 0.1) is 23.3 Å².